The molecule has 8 heteroatoms. The predicted molar refractivity (Wildman–Crippen MR) is 86.1 cm³/mol. The highest BCUT2D eigenvalue weighted by molar-refractivity contribution is 5.94. The molecule has 1 aliphatic heterocycles. The second kappa shape index (κ2) is 5.97. The standard InChI is InChI=1S/C17H13F2N5O/c18-12-4-3-5-14(15(12)19)24-10-21-22-16(24)11-8-13(20-9-11)17(25)23-6-1-2-7-23/h1-5,8-10,20H,6-7H2. The molecule has 3 aromatic rings. The lowest BCUT2D eigenvalue weighted by Gasteiger charge is -2.13. The van der Waals surface area contributed by atoms with E-state index >= 15 is 0 Å². The maximum Gasteiger partial charge on any atom is 0.270 e. The van der Waals surface area contributed by atoms with E-state index in [0.29, 0.717) is 30.2 Å². The minimum Gasteiger partial charge on any atom is -0.356 e. The third-order valence-corrected chi connectivity index (χ3v) is 4.02. The molecule has 1 aliphatic rings. The molecule has 0 bridgehead atoms. The number of carbonyl (C=O) groups excluding carboxylic acids is 1. The topological polar surface area (TPSA) is 66.8 Å². The van der Waals surface area contributed by atoms with E-state index in [-0.39, 0.29) is 11.6 Å². The Morgan fingerprint density at radius 2 is 2.00 bits per heavy atom. The first kappa shape index (κ1) is 15.3. The van der Waals surface area contributed by atoms with Gasteiger partial charge in [0.2, 0.25) is 0 Å². The molecule has 4 rings (SSSR count). The SMILES string of the molecule is O=C(c1cc(-c2nncn2-c2cccc(F)c2F)c[nH]1)N1CC=CC1. The van der Waals surface area contributed by atoms with Crippen LogP contribution in [-0.4, -0.2) is 43.6 Å². The number of hydrogen-bond donors (Lipinski definition) is 1. The van der Waals surface area contributed by atoms with Gasteiger partial charge in [-0.2, -0.15) is 0 Å². The van der Waals surface area contributed by atoms with E-state index in [4.69, 9.17) is 0 Å². The molecule has 0 saturated heterocycles. The van der Waals surface area contributed by atoms with Crippen LogP contribution < -0.4 is 0 Å². The highest BCUT2D eigenvalue weighted by Crippen LogP contribution is 2.24. The minimum absolute atomic E-state index is 0.00202. The normalized spacial score (nSPS) is 13.6. The van der Waals surface area contributed by atoms with Crippen LogP contribution in [0.1, 0.15) is 10.5 Å². The van der Waals surface area contributed by atoms with Crippen molar-refractivity contribution in [1.82, 2.24) is 24.6 Å². The van der Waals surface area contributed by atoms with Gasteiger partial charge >= 0.3 is 0 Å². The number of carbonyl (C=O) groups is 1. The van der Waals surface area contributed by atoms with Crippen LogP contribution in [0.15, 0.2) is 48.9 Å². The quantitative estimate of drug-likeness (QED) is 0.745. The molecule has 25 heavy (non-hydrogen) atoms. The number of hydrogen-bond acceptors (Lipinski definition) is 3. The number of amides is 1. The molecular weight excluding hydrogens is 328 g/mol. The first-order chi connectivity index (χ1) is 12.1. The maximum atomic E-state index is 14.1. The molecule has 0 fully saturated rings. The highest BCUT2D eigenvalue weighted by atomic mass is 19.2. The summed E-state index contributed by atoms with van der Waals surface area (Å²) in [5.41, 5.74) is 0.947. The van der Waals surface area contributed by atoms with Gasteiger partial charge in [-0.05, 0) is 18.2 Å². The molecule has 0 aliphatic carbocycles. The number of H-pyrrole nitrogens is 1. The Bertz CT molecular complexity index is 967. The van der Waals surface area contributed by atoms with Gasteiger partial charge in [-0.3, -0.25) is 9.36 Å². The van der Waals surface area contributed by atoms with Gasteiger partial charge in [0.1, 0.15) is 12.0 Å². The van der Waals surface area contributed by atoms with E-state index in [1.807, 2.05) is 12.2 Å². The summed E-state index contributed by atoms with van der Waals surface area (Å²) >= 11 is 0. The fraction of sp³-hybridized carbons (Fsp3) is 0.118. The lowest BCUT2D eigenvalue weighted by molar-refractivity contribution is 0.0795. The van der Waals surface area contributed by atoms with Gasteiger partial charge < -0.3 is 9.88 Å². The van der Waals surface area contributed by atoms with Crippen molar-refractivity contribution in [3.05, 3.63) is 66.3 Å². The Hall–Kier alpha value is -3.29. The van der Waals surface area contributed by atoms with E-state index in [9.17, 15) is 13.6 Å². The zero-order chi connectivity index (χ0) is 17.4. The Labute approximate surface area is 141 Å². The van der Waals surface area contributed by atoms with Crippen molar-refractivity contribution < 1.29 is 13.6 Å². The lowest BCUT2D eigenvalue weighted by Crippen LogP contribution is -2.28. The molecule has 1 aromatic carbocycles. The van der Waals surface area contributed by atoms with Crippen molar-refractivity contribution in [1.29, 1.82) is 0 Å². The van der Waals surface area contributed by atoms with Crippen LogP contribution in [0.2, 0.25) is 0 Å². The number of nitrogens with zero attached hydrogens (tertiary/aromatic N) is 4. The minimum atomic E-state index is -0.987. The number of aromatic nitrogens is 4. The largest absolute Gasteiger partial charge is 0.356 e. The van der Waals surface area contributed by atoms with Crippen LogP contribution in [0, 0.1) is 11.6 Å². The number of benzene rings is 1. The summed E-state index contributed by atoms with van der Waals surface area (Å²) in [6.07, 6.45) is 6.73. The number of nitrogens with one attached hydrogen (secondary N) is 1. The third-order valence-electron chi connectivity index (χ3n) is 4.02. The van der Waals surface area contributed by atoms with E-state index in [0.717, 1.165) is 6.07 Å². The third kappa shape index (κ3) is 2.61. The number of aromatic amines is 1. The summed E-state index contributed by atoms with van der Waals surface area (Å²) in [4.78, 5) is 17.0. The molecule has 3 heterocycles. The molecule has 1 amide bonds. The van der Waals surface area contributed by atoms with Crippen molar-refractivity contribution in [3.63, 3.8) is 0 Å². The monoisotopic (exact) mass is 341 g/mol. The molecule has 1 N–H and O–H groups in total. The molecule has 0 atom stereocenters. The molecule has 0 spiro atoms. The Morgan fingerprint density at radius 3 is 2.80 bits per heavy atom. The fourth-order valence-corrected chi connectivity index (χ4v) is 2.75. The second-order valence-corrected chi connectivity index (χ2v) is 5.58. The second-order valence-electron chi connectivity index (χ2n) is 5.58. The van der Waals surface area contributed by atoms with Gasteiger partial charge in [-0.15, -0.1) is 10.2 Å². The lowest BCUT2D eigenvalue weighted by atomic mass is 10.2. The summed E-state index contributed by atoms with van der Waals surface area (Å²) in [6, 6.07) is 5.50. The molecule has 0 unspecified atom stereocenters. The van der Waals surface area contributed by atoms with Crippen LogP contribution in [0.4, 0.5) is 8.78 Å². The van der Waals surface area contributed by atoms with Crippen LogP contribution >= 0.6 is 0 Å². The maximum absolute atomic E-state index is 14.1. The average molecular weight is 341 g/mol. The fourth-order valence-electron chi connectivity index (χ4n) is 2.75. The molecule has 0 saturated carbocycles. The van der Waals surface area contributed by atoms with E-state index in [2.05, 4.69) is 15.2 Å². The van der Waals surface area contributed by atoms with Gasteiger partial charge in [-0.25, -0.2) is 8.78 Å². The van der Waals surface area contributed by atoms with Crippen LogP contribution in [0.25, 0.3) is 17.1 Å². The Balaban J connectivity index is 1.69. The summed E-state index contributed by atoms with van der Waals surface area (Å²) in [5, 5.41) is 7.75. The number of halogens is 2. The summed E-state index contributed by atoms with van der Waals surface area (Å²) in [5.74, 6) is -1.78. The Morgan fingerprint density at radius 1 is 1.20 bits per heavy atom. The van der Waals surface area contributed by atoms with Crippen molar-refractivity contribution in [3.8, 4) is 17.1 Å². The Kier molecular flexibility index (Phi) is 3.64. The van der Waals surface area contributed by atoms with Gasteiger partial charge in [0.15, 0.2) is 17.5 Å². The highest BCUT2D eigenvalue weighted by Gasteiger charge is 2.20. The van der Waals surface area contributed by atoms with Crippen LogP contribution in [0.3, 0.4) is 0 Å². The number of rotatable bonds is 3. The van der Waals surface area contributed by atoms with Crippen LogP contribution in [0.5, 0.6) is 0 Å². The van der Waals surface area contributed by atoms with Gasteiger partial charge in [0.05, 0.1) is 5.69 Å². The summed E-state index contributed by atoms with van der Waals surface area (Å²) in [6.45, 7) is 1.13. The first-order valence-electron chi connectivity index (χ1n) is 7.62. The van der Waals surface area contributed by atoms with Gasteiger partial charge in [-0.1, -0.05) is 18.2 Å². The molecule has 2 aromatic heterocycles. The average Bonchev–Trinajstić information content (AvgIpc) is 3.37. The van der Waals surface area contributed by atoms with E-state index in [1.54, 1.807) is 17.2 Å². The van der Waals surface area contributed by atoms with Gasteiger partial charge in [0, 0.05) is 24.8 Å². The van der Waals surface area contributed by atoms with Gasteiger partial charge in [0.25, 0.3) is 5.91 Å². The van der Waals surface area contributed by atoms with Crippen molar-refractivity contribution >= 4 is 5.91 Å². The smallest absolute Gasteiger partial charge is 0.270 e. The molecule has 6 nitrogen and oxygen atoms in total. The molecule has 126 valence electrons. The summed E-state index contributed by atoms with van der Waals surface area (Å²) in [7, 11) is 0. The zero-order valence-corrected chi connectivity index (χ0v) is 13.0. The van der Waals surface area contributed by atoms with Crippen molar-refractivity contribution in [2.45, 2.75) is 0 Å². The molecule has 0 radical (unpaired) electrons. The summed E-state index contributed by atoms with van der Waals surface area (Å²) < 4.78 is 28.9. The predicted octanol–water partition coefficient (Wildman–Crippen LogP) is 2.55. The molecular formula is C17H13F2N5O. The van der Waals surface area contributed by atoms with Crippen molar-refractivity contribution in [2.24, 2.45) is 0 Å². The van der Waals surface area contributed by atoms with Crippen LogP contribution in [-0.2, 0) is 0 Å². The van der Waals surface area contributed by atoms with E-state index < -0.39 is 11.6 Å². The zero-order valence-electron chi connectivity index (χ0n) is 13.0. The van der Waals surface area contributed by atoms with Crippen molar-refractivity contribution in [2.75, 3.05) is 13.1 Å². The van der Waals surface area contributed by atoms with E-state index in [1.165, 1.54) is 23.0 Å². The first-order valence-corrected chi connectivity index (χ1v) is 7.62.